The van der Waals surface area contributed by atoms with Crippen molar-refractivity contribution in [2.24, 2.45) is 0 Å². The highest BCUT2D eigenvalue weighted by atomic mass is 16.5. The Labute approximate surface area is 302 Å². The van der Waals surface area contributed by atoms with Crippen molar-refractivity contribution >= 4 is 34.5 Å². The van der Waals surface area contributed by atoms with Crippen molar-refractivity contribution in [2.45, 2.75) is 78.2 Å². The average Bonchev–Trinajstić information content (AvgIpc) is 3.15. The number of fused-ring (bicyclic) bond motifs is 1. The number of aliphatic carboxylic acids is 1. The van der Waals surface area contributed by atoms with Crippen molar-refractivity contribution in [3.8, 4) is 23.0 Å². The predicted molar refractivity (Wildman–Crippen MR) is 205 cm³/mol. The van der Waals surface area contributed by atoms with Crippen LogP contribution in [0.3, 0.4) is 0 Å². The lowest BCUT2D eigenvalue weighted by atomic mass is 10.1. The van der Waals surface area contributed by atoms with Crippen molar-refractivity contribution in [2.75, 3.05) is 45.8 Å². The van der Waals surface area contributed by atoms with Crippen molar-refractivity contribution in [1.29, 1.82) is 0 Å². The van der Waals surface area contributed by atoms with Gasteiger partial charge in [0, 0.05) is 35.7 Å². The molecule has 1 aromatic heterocycles. The van der Waals surface area contributed by atoms with Gasteiger partial charge in [0.1, 0.15) is 18.8 Å². The molecular weight excluding hydrogens is 644 g/mol. The minimum Gasteiger partial charge on any atom is -0.493 e. The standard InChI is InChI=1S/C41H54N4O6/c1-5-7-9-14-21-45(22-15-10-8-6-2)23-16-24-50-38-26-33-35(28-37(38)49-4)42-30-43-41(33)44-34-27-39(51-29-31-17-12-11-13-18-31)36(48-3)25-32(34)19-20-40(46)47/h11-13,17-20,25-28,30H,5-10,14-16,21-24,29H2,1-4H3,(H,46,47)(H,42,43,44)/b20-19+. The summed E-state index contributed by atoms with van der Waals surface area (Å²) in [7, 11) is 3.17. The molecule has 3 aromatic carbocycles. The van der Waals surface area contributed by atoms with Gasteiger partial charge in [-0.25, -0.2) is 14.8 Å². The quantitative estimate of drug-likeness (QED) is 0.0542. The van der Waals surface area contributed by atoms with Crippen LogP contribution < -0.4 is 24.3 Å². The third-order valence-corrected chi connectivity index (χ3v) is 8.68. The molecule has 0 saturated carbocycles. The summed E-state index contributed by atoms with van der Waals surface area (Å²) < 4.78 is 23.8. The second-order valence-corrected chi connectivity index (χ2v) is 12.6. The summed E-state index contributed by atoms with van der Waals surface area (Å²) in [6.07, 6.45) is 15.1. The number of unbranched alkanes of at least 4 members (excludes halogenated alkanes) is 6. The van der Waals surface area contributed by atoms with Crippen molar-refractivity contribution < 1.29 is 28.8 Å². The van der Waals surface area contributed by atoms with E-state index >= 15 is 0 Å². The Hall–Kier alpha value is -4.83. The van der Waals surface area contributed by atoms with Crippen LogP contribution in [0.1, 0.15) is 82.8 Å². The molecule has 0 saturated heterocycles. The van der Waals surface area contributed by atoms with E-state index in [2.05, 4.69) is 34.0 Å². The van der Waals surface area contributed by atoms with E-state index in [9.17, 15) is 9.90 Å². The number of anilines is 2. The Balaban J connectivity index is 1.55. The number of hydrogen-bond donors (Lipinski definition) is 2. The molecule has 0 bridgehead atoms. The summed E-state index contributed by atoms with van der Waals surface area (Å²) in [5.41, 5.74) is 2.82. The highest BCUT2D eigenvalue weighted by Crippen LogP contribution is 2.39. The predicted octanol–water partition coefficient (Wildman–Crippen LogP) is 9.30. The smallest absolute Gasteiger partial charge is 0.328 e. The van der Waals surface area contributed by atoms with Gasteiger partial charge in [0.05, 0.1) is 32.0 Å². The van der Waals surface area contributed by atoms with Crippen LogP contribution in [0, 0.1) is 0 Å². The molecule has 0 atom stereocenters. The van der Waals surface area contributed by atoms with Gasteiger partial charge in [0.2, 0.25) is 0 Å². The Kier molecular flexibility index (Phi) is 16.4. The molecule has 0 fully saturated rings. The Morgan fingerprint density at radius 2 is 1.45 bits per heavy atom. The number of carbonyl (C=O) groups is 1. The first-order valence-electron chi connectivity index (χ1n) is 18.2. The van der Waals surface area contributed by atoms with Crippen LogP contribution in [-0.2, 0) is 11.4 Å². The molecule has 0 unspecified atom stereocenters. The molecule has 0 aliphatic heterocycles. The molecule has 274 valence electrons. The lowest BCUT2D eigenvalue weighted by molar-refractivity contribution is -0.131. The molecule has 4 aromatic rings. The van der Waals surface area contributed by atoms with Gasteiger partial charge in [-0.05, 0) is 56.1 Å². The molecule has 0 aliphatic rings. The minimum atomic E-state index is -1.07. The van der Waals surface area contributed by atoms with E-state index in [0.717, 1.165) is 43.1 Å². The van der Waals surface area contributed by atoms with E-state index in [1.54, 1.807) is 26.4 Å². The molecule has 0 aliphatic carbocycles. The van der Waals surface area contributed by atoms with Crippen LogP contribution in [0.25, 0.3) is 17.0 Å². The summed E-state index contributed by atoms with van der Waals surface area (Å²) in [5.74, 6) is 1.60. The fourth-order valence-electron chi connectivity index (χ4n) is 5.88. The van der Waals surface area contributed by atoms with Crippen LogP contribution in [0.2, 0.25) is 0 Å². The van der Waals surface area contributed by atoms with Crippen LogP contribution in [0.4, 0.5) is 11.5 Å². The maximum Gasteiger partial charge on any atom is 0.328 e. The normalized spacial score (nSPS) is 11.3. The average molecular weight is 699 g/mol. The lowest BCUT2D eigenvalue weighted by Crippen LogP contribution is -2.28. The number of aromatic nitrogens is 2. The molecule has 10 nitrogen and oxygen atoms in total. The maximum absolute atomic E-state index is 11.5. The third-order valence-electron chi connectivity index (χ3n) is 8.68. The fourth-order valence-corrected chi connectivity index (χ4v) is 5.88. The van der Waals surface area contributed by atoms with Crippen LogP contribution >= 0.6 is 0 Å². The number of benzene rings is 3. The first kappa shape index (κ1) is 39.0. The third kappa shape index (κ3) is 12.5. The molecule has 0 radical (unpaired) electrons. The number of carboxylic acids is 1. The summed E-state index contributed by atoms with van der Waals surface area (Å²) in [4.78, 5) is 23.1. The Morgan fingerprint density at radius 1 is 0.784 bits per heavy atom. The van der Waals surface area contributed by atoms with Gasteiger partial charge in [-0.15, -0.1) is 0 Å². The molecule has 1 heterocycles. The van der Waals surface area contributed by atoms with Gasteiger partial charge in [0.25, 0.3) is 0 Å². The first-order chi connectivity index (χ1) is 24.9. The fraction of sp³-hybridized carbons (Fsp3) is 0.439. The Morgan fingerprint density at radius 3 is 2.12 bits per heavy atom. The van der Waals surface area contributed by atoms with Gasteiger partial charge in [0.15, 0.2) is 23.0 Å². The SMILES string of the molecule is CCCCCCN(CCCCCC)CCCOc1cc2c(Nc3cc(OCc4ccccc4)c(OC)cc3/C=C/C(=O)O)ncnc2cc1OC. The maximum atomic E-state index is 11.5. The number of hydrogen-bond acceptors (Lipinski definition) is 9. The number of carboxylic acid groups (broad SMARTS) is 1. The Bertz CT molecular complexity index is 1670. The van der Waals surface area contributed by atoms with Gasteiger partial charge >= 0.3 is 5.97 Å². The van der Waals surface area contributed by atoms with E-state index in [4.69, 9.17) is 18.9 Å². The zero-order valence-electron chi connectivity index (χ0n) is 30.7. The lowest BCUT2D eigenvalue weighted by Gasteiger charge is -2.22. The molecule has 0 amide bonds. The number of nitrogens with zero attached hydrogens (tertiary/aromatic N) is 3. The van der Waals surface area contributed by atoms with E-state index in [1.165, 1.54) is 63.8 Å². The van der Waals surface area contributed by atoms with Gasteiger partial charge in [-0.1, -0.05) is 82.7 Å². The summed E-state index contributed by atoms with van der Waals surface area (Å²) >= 11 is 0. The topological polar surface area (TPSA) is 115 Å². The molecule has 4 rings (SSSR count). The number of methoxy groups -OCH3 is 2. The van der Waals surface area contributed by atoms with Crippen LogP contribution in [0.15, 0.2) is 67.0 Å². The second-order valence-electron chi connectivity index (χ2n) is 12.6. The van der Waals surface area contributed by atoms with Crippen molar-refractivity contribution in [1.82, 2.24) is 14.9 Å². The summed E-state index contributed by atoms with van der Waals surface area (Å²) in [5, 5.41) is 13.5. The van der Waals surface area contributed by atoms with Crippen molar-refractivity contribution in [3.05, 3.63) is 78.1 Å². The first-order valence-corrected chi connectivity index (χ1v) is 18.2. The number of ether oxygens (including phenoxy) is 4. The summed E-state index contributed by atoms with van der Waals surface area (Å²) in [6.45, 7) is 8.62. The summed E-state index contributed by atoms with van der Waals surface area (Å²) in [6, 6.07) is 17.1. The largest absolute Gasteiger partial charge is 0.493 e. The zero-order chi connectivity index (χ0) is 36.3. The van der Waals surface area contributed by atoms with E-state index < -0.39 is 5.97 Å². The molecule has 10 heteroatoms. The number of nitrogens with one attached hydrogen (secondary N) is 1. The number of rotatable bonds is 24. The van der Waals surface area contributed by atoms with Crippen LogP contribution in [-0.4, -0.2) is 66.4 Å². The van der Waals surface area contributed by atoms with Gasteiger partial charge in [-0.2, -0.15) is 0 Å². The second kappa shape index (κ2) is 21.4. The van der Waals surface area contributed by atoms with Gasteiger partial charge in [-0.3, -0.25) is 0 Å². The van der Waals surface area contributed by atoms with E-state index in [0.29, 0.717) is 58.8 Å². The minimum absolute atomic E-state index is 0.327. The highest BCUT2D eigenvalue weighted by molar-refractivity contribution is 5.94. The monoisotopic (exact) mass is 698 g/mol. The zero-order valence-corrected chi connectivity index (χ0v) is 30.7. The van der Waals surface area contributed by atoms with Crippen LogP contribution in [0.5, 0.6) is 23.0 Å². The molecule has 2 N–H and O–H groups in total. The highest BCUT2D eigenvalue weighted by Gasteiger charge is 2.16. The van der Waals surface area contributed by atoms with Crippen molar-refractivity contribution in [3.63, 3.8) is 0 Å². The molecule has 0 spiro atoms. The van der Waals surface area contributed by atoms with E-state index in [1.807, 2.05) is 42.5 Å². The molecular formula is C41H54N4O6. The van der Waals surface area contributed by atoms with Gasteiger partial charge < -0.3 is 34.3 Å². The molecule has 51 heavy (non-hydrogen) atoms. The van der Waals surface area contributed by atoms with E-state index in [-0.39, 0.29) is 0 Å².